The molecule has 0 aliphatic carbocycles. The van der Waals surface area contributed by atoms with E-state index in [1.54, 1.807) is 6.07 Å². The fourth-order valence-corrected chi connectivity index (χ4v) is 2.47. The van der Waals surface area contributed by atoms with Crippen molar-refractivity contribution in [1.29, 1.82) is 0 Å². The Balaban J connectivity index is 2.65. The first kappa shape index (κ1) is 9.78. The van der Waals surface area contributed by atoms with E-state index in [9.17, 15) is 8.42 Å². The van der Waals surface area contributed by atoms with Gasteiger partial charge < -0.3 is 11.1 Å². The molecule has 4 N–H and O–H groups in total. The Kier molecular flexibility index (Phi) is 2.04. The molecule has 1 aliphatic rings. The number of nitrogens with zero attached hydrogens (tertiary/aromatic N) is 1. The van der Waals surface area contributed by atoms with Gasteiger partial charge in [0.2, 0.25) is 5.96 Å². The highest BCUT2D eigenvalue weighted by atomic mass is 32.2. The maximum Gasteiger partial charge on any atom is 0.266 e. The first-order chi connectivity index (χ1) is 7.03. The van der Waals surface area contributed by atoms with Crippen LogP contribution in [-0.2, 0) is 10.0 Å². The molecule has 0 saturated carbocycles. The van der Waals surface area contributed by atoms with Crippen LogP contribution in [0, 0.1) is 0 Å². The summed E-state index contributed by atoms with van der Waals surface area (Å²) in [5.74, 6) is 0.188. The minimum atomic E-state index is -3.52. The summed E-state index contributed by atoms with van der Waals surface area (Å²) in [5, 5.41) is 2.82. The number of hydrogen-bond acceptors (Lipinski definition) is 4. The van der Waals surface area contributed by atoms with Crippen molar-refractivity contribution in [2.45, 2.75) is 4.90 Å². The summed E-state index contributed by atoms with van der Waals surface area (Å²) in [5.41, 5.74) is 6.50. The molecule has 2 rings (SSSR count). The van der Waals surface area contributed by atoms with Gasteiger partial charge in [-0.2, -0.15) is 0 Å². The maximum absolute atomic E-state index is 11.7. The number of nitrogens with one attached hydrogen (secondary N) is 2. The second-order valence-electron chi connectivity index (χ2n) is 3.06. The first-order valence-corrected chi connectivity index (χ1v) is 5.67. The van der Waals surface area contributed by atoms with E-state index in [1.807, 2.05) is 0 Å². The zero-order valence-corrected chi connectivity index (χ0v) is 8.80. The van der Waals surface area contributed by atoms with Crippen molar-refractivity contribution < 1.29 is 8.42 Å². The number of sulfonamides is 1. The van der Waals surface area contributed by atoms with E-state index in [0.717, 1.165) is 0 Å². The molecule has 15 heavy (non-hydrogen) atoms. The Morgan fingerprint density at radius 2 is 2.13 bits per heavy atom. The summed E-state index contributed by atoms with van der Waals surface area (Å²) in [6.45, 7) is 0. The van der Waals surface area contributed by atoms with E-state index < -0.39 is 10.0 Å². The standard InChI is InChI=1S/C8H10N4O2S/c1-10-8-11-6-4-5(9)2-3-7(6)15(13,14)12-8/h2-4H,9H2,1H3,(H2,10,11,12). The van der Waals surface area contributed by atoms with Crippen LogP contribution >= 0.6 is 0 Å². The molecule has 0 unspecified atom stereocenters. The van der Waals surface area contributed by atoms with Crippen LogP contribution in [0.1, 0.15) is 0 Å². The van der Waals surface area contributed by atoms with Crippen LogP contribution in [0.2, 0.25) is 0 Å². The fraction of sp³-hybridized carbons (Fsp3) is 0.125. The lowest BCUT2D eigenvalue weighted by atomic mass is 10.3. The Morgan fingerprint density at radius 3 is 2.80 bits per heavy atom. The molecule has 1 aliphatic heterocycles. The summed E-state index contributed by atoms with van der Waals surface area (Å²) in [7, 11) is -2.03. The Labute approximate surface area is 87.3 Å². The SMILES string of the molecule is CN=C1Nc2cc(N)ccc2S(=O)(=O)N1. The third-order valence-electron chi connectivity index (χ3n) is 2.00. The van der Waals surface area contributed by atoms with Crippen molar-refractivity contribution in [3.63, 3.8) is 0 Å². The molecule has 7 heteroatoms. The number of nitrogens with two attached hydrogens (primary N) is 1. The zero-order valence-electron chi connectivity index (χ0n) is 7.98. The van der Waals surface area contributed by atoms with E-state index >= 15 is 0 Å². The number of aliphatic imine (C=N–C) groups is 1. The van der Waals surface area contributed by atoms with Crippen molar-refractivity contribution in [2.24, 2.45) is 4.99 Å². The summed E-state index contributed by atoms with van der Waals surface area (Å²) in [6, 6.07) is 4.54. The molecule has 0 aromatic heterocycles. The van der Waals surface area contributed by atoms with Gasteiger partial charge in [-0.3, -0.25) is 4.99 Å². The average Bonchev–Trinajstić information content (AvgIpc) is 2.15. The number of rotatable bonds is 0. The number of guanidine groups is 1. The van der Waals surface area contributed by atoms with Gasteiger partial charge in [-0.15, -0.1) is 0 Å². The first-order valence-electron chi connectivity index (χ1n) is 4.19. The van der Waals surface area contributed by atoms with Crippen LogP contribution in [-0.4, -0.2) is 21.4 Å². The fourth-order valence-electron chi connectivity index (χ4n) is 1.32. The van der Waals surface area contributed by atoms with Crippen molar-refractivity contribution in [1.82, 2.24) is 4.72 Å². The van der Waals surface area contributed by atoms with E-state index in [1.165, 1.54) is 19.2 Å². The average molecular weight is 226 g/mol. The molecular formula is C8H10N4O2S. The van der Waals surface area contributed by atoms with Crippen LogP contribution in [0.3, 0.4) is 0 Å². The lowest BCUT2D eigenvalue weighted by molar-refractivity contribution is 0.592. The molecule has 0 atom stereocenters. The van der Waals surface area contributed by atoms with Gasteiger partial charge in [0, 0.05) is 12.7 Å². The van der Waals surface area contributed by atoms with Crippen LogP contribution < -0.4 is 15.8 Å². The van der Waals surface area contributed by atoms with Crippen LogP contribution in [0.15, 0.2) is 28.1 Å². The van der Waals surface area contributed by atoms with Gasteiger partial charge >= 0.3 is 0 Å². The molecule has 0 bridgehead atoms. The normalized spacial score (nSPS) is 20.2. The van der Waals surface area contributed by atoms with Crippen molar-refractivity contribution in [3.05, 3.63) is 18.2 Å². The second kappa shape index (κ2) is 3.13. The maximum atomic E-state index is 11.7. The third-order valence-corrected chi connectivity index (χ3v) is 3.40. The Bertz CT molecular complexity index is 536. The second-order valence-corrected chi connectivity index (χ2v) is 4.71. The third kappa shape index (κ3) is 1.61. The summed E-state index contributed by atoms with van der Waals surface area (Å²) in [6.07, 6.45) is 0. The van der Waals surface area contributed by atoms with Crippen LogP contribution in [0.4, 0.5) is 11.4 Å². The smallest absolute Gasteiger partial charge is 0.266 e. The highest BCUT2D eigenvalue weighted by Gasteiger charge is 2.25. The molecule has 1 aromatic carbocycles. The van der Waals surface area contributed by atoms with Gasteiger partial charge in [-0.25, -0.2) is 13.1 Å². The minimum absolute atomic E-state index is 0.170. The topological polar surface area (TPSA) is 96.6 Å². The molecule has 6 nitrogen and oxygen atoms in total. The molecule has 0 saturated heterocycles. The van der Waals surface area contributed by atoms with E-state index in [4.69, 9.17) is 5.73 Å². The summed E-state index contributed by atoms with van der Waals surface area (Å²) < 4.78 is 25.7. The molecule has 0 fully saturated rings. The van der Waals surface area contributed by atoms with Gasteiger partial charge in [-0.05, 0) is 18.2 Å². The summed E-state index contributed by atoms with van der Waals surface area (Å²) in [4.78, 5) is 3.92. The summed E-state index contributed by atoms with van der Waals surface area (Å²) >= 11 is 0. The van der Waals surface area contributed by atoms with E-state index in [-0.39, 0.29) is 10.9 Å². The minimum Gasteiger partial charge on any atom is -0.399 e. The van der Waals surface area contributed by atoms with Gasteiger partial charge in [0.1, 0.15) is 4.90 Å². The molecule has 1 heterocycles. The monoisotopic (exact) mass is 226 g/mol. The predicted octanol–water partition coefficient (Wildman–Crippen LogP) is -0.0416. The van der Waals surface area contributed by atoms with Gasteiger partial charge in [0.25, 0.3) is 10.0 Å². The van der Waals surface area contributed by atoms with Crippen LogP contribution in [0.5, 0.6) is 0 Å². The molecule has 0 amide bonds. The predicted molar refractivity (Wildman–Crippen MR) is 58.2 cm³/mol. The zero-order chi connectivity index (χ0) is 11.1. The van der Waals surface area contributed by atoms with Crippen LogP contribution in [0.25, 0.3) is 0 Å². The Hall–Kier alpha value is -1.76. The van der Waals surface area contributed by atoms with Crippen molar-refractivity contribution in [3.8, 4) is 0 Å². The highest BCUT2D eigenvalue weighted by Crippen LogP contribution is 2.26. The number of fused-ring (bicyclic) bond motifs is 1. The lowest BCUT2D eigenvalue weighted by Crippen LogP contribution is -2.40. The Morgan fingerprint density at radius 1 is 1.40 bits per heavy atom. The van der Waals surface area contributed by atoms with Crippen molar-refractivity contribution >= 4 is 27.4 Å². The molecule has 0 spiro atoms. The van der Waals surface area contributed by atoms with Gasteiger partial charge in [0.05, 0.1) is 5.69 Å². The van der Waals surface area contributed by atoms with Gasteiger partial charge in [0.15, 0.2) is 0 Å². The number of anilines is 2. The number of nitrogen functional groups attached to an aromatic ring is 1. The molecule has 1 aromatic rings. The quantitative estimate of drug-likeness (QED) is 0.541. The number of benzene rings is 1. The van der Waals surface area contributed by atoms with Crippen molar-refractivity contribution in [2.75, 3.05) is 18.1 Å². The largest absolute Gasteiger partial charge is 0.399 e. The molecular weight excluding hydrogens is 216 g/mol. The molecule has 80 valence electrons. The number of hydrogen-bond donors (Lipinski definition) is 3. The highest BCUT2D eigenvalue weighted by molar-refractivity contribution is 7.90. The van der Waals surface area contributed by atoms with Gasteiger partial charge in [-0.1, -0.05) is 0 Å². The lowest BCUT2D eigenvalue weighted by Gasteiger charge is -2.21. The van der Waals surface area contributed by atoms with E-state index in [0.29, 0.717) is 11.4 Å². The molecule has 0 radical (unpaired) electrons. The van der Waals surface area contributed by atoms with E-state index in [2.05, 4.69) is 15.0 Å².